The molecule has 8 nitrogen and oxygen atoms in total. The molecule has 1 fully saturated rings. The Balaban J connectivity index is 1.60. The van der Waals surface area contributed by atoms with E-state index >= 15 is 0 Å². The highest BCUT2D eigenvalue weighted by atomic mass is 32.2. The average molecular weight is 495 g/mol. The minimum absolute atomic E-state index is 0.00313. The quantitative estimate of drug-likeness (QED) is 0.573. The van der Waals surface area contributed by atoms with E-state index in [1.54, 1.807) is 29.2 Å². The first-order valence-corrected chi connectivity index (χ1v) is 13.9. The lowest BCUT2D eigenvalue weighted by Crippen LogP contribution is -2.43. The van der Waals surface area contributed by atoms with Gasteiger partial charge >= 0.3 is 0 Å². The molecule has 33 heavy (non-hydrogen) atoms. The molecule has 0 radical (unpaired) electrons. The summed E-state index contributed by atoms with van der Waals surface area (Å²) in [5.41, 5.74) is 1.39. The first kappa shape index (κ1) is 25.4. The van der Waals surface area contributed by atoms with E-state index in [1.807, 2.05) is 6.92 Å². The van der Waals surface area contributed by atoms with Crippen molar-refractivity contribution in [3.63, 3.8) is 0 Å². The fourth-order valence-corrected chi connectivity index (χ4v) is 6.03. The minimum atomic E-state index is -3.61. The molecule has 3 rings (SSSR count). The molecule has 1 unspecified atom stereocenters. The fraction of sp³-hybridized carbons (Fsp3) is 0.435. The lowest BCUT2D eigenvalue weighted by molar-refractivity contribution is 0.0676. The molecule has 1 heterocycles. The molecule has 180 valence electrons. The van der Waals surface area contributed by atoms with Gasteiger partial charge in [-0.05, 0) is 62.1 Å². The Morgan fingerprint density at radius 3 is 2.30 bits per heavy atom. The molecule has 2 aromatic rings. The number of hydrogen-bond acceptors (Lipinski definition) is 6. The van der Waals surface area contributed by atoms with Crippen LogP contribution >= 0.6 is 0 Å². The van der Waals surface area contributed by atoms with Crippen molar-refractivity contribution in [3.8, 4) is 0 Å². The SMILES string of the molecule is COCCS(=O)(=O)c1ccc(C(=O)N2CCCC(CNS(=O)(=O)c3ccc(C)cc3)C2)cc1. The highest BCUT2D eigenvalue weighted by molar-refractivity contribution is 7.91. The van der Waals surface area contributed by atoms with Gasteiger partial charge in [0.25, 0.3) is 5.91 Å². The smallest absolute Gasteiger partial charge is 0.253 e. The van der Waals surface area contributed by atoms with Crippen molar-refractivity contribution in [1.29, 1.82) is 0 Å². The Morgan fingerprint density at radius 1 is 1.03 bits per heavy atom. The number of methoxy groups -OCH3 is 1. The number of nitrogens with zero attached hydrogens (tertiary/aromatic N) is 1. The summed E-state index contributed by atoms with van der Waals surface area (Å²) in [6.07, 6.45) is 1.59. The standard InChI is InChI=1S/C23H30N2O6S2/c1-18-5-9-22(10-6-18)33(29,30)24-16-19-4-3-13-25(17-19)23(26)20-7-11-21(12-8-20)32(27,28)15-14-31-2/h5-12,19,24H,3-4,13-17H2,1-2H3. The lowest BCUT2D eigenvalue weighted by Gasteiger charge is -2.33. The third kappa shape index (κ3) is 6.63. The predicted molar refractivity (Wildman–Crippen MR) is 125 cm³/mol. The molecule has 0 spiro atoms. The van der Waals surface area contributed by atoms with Crippen molar-refractivity contribution in [1.82, 2.24) is 9.62 Å². The van der Waals surface area contributed by atoms with E-state index in [2.05, 4.69) is 4.72 Å². The normalized spacial score (nSPS) is 17.2. The van der Waals surface area contributed by atoms with Gasteiger partial charge in [-0.1, -0.05) is 17.7 Å². The number of likely N-dealkylation sites (tertiary alicyclic amines) is 1. The Bertz CT molecular complexity index is 1160. The van der Waals surface area contributed by atoms with Crippen molar-refractivity contribution in [2.45, 2.75) is 29.6 Å². The van der Waals surface area contributed by atoms with Crippen molar-refractivity contribution >= 4 is 25.8 Å². The van der Waals surface area contributed by atoms with Crippen LogP contribution in [0, 0.1) is 12.8 Å². The highest BCUT2D eigenvalue weighted by Gasteiger charge is 2.26. The fourth-order valence-electron chi connectivity index (χ4n) is 3.74. The Morgan fingerprint density at radius 2 is 1.67 bits per heavy atom. The summed E-state index contributed by atoms with van der Waals surface area (Å²) in [6.45, 7) is 3.25. The maximum atomic E-state index is 13.0. The van der Waals surface area contributed by atoms with Crippen LogP contribution in [-0.4, -0.2) is 66.7 Å². The summed E-state index contributed by atoms with van der Waals surface area (Å²) in [5.74, 6) is -0.318. The third-order valence-electron chi connectivity index (χ3n) is 5.72. The van der Waals surface area contributed by atoms with Crippen LogP contribution in [0.25, 0.3) is 0 Å². The zero-order chi connectivity index (χ0) is 24.1. The van der Waals surface area contributed by atoms with Crippen LogP contribution in [0.2, 0.25) is 0 Å². The largest absolute Gasteiger partial charge is 0.384 e. The van der Waals surface area contributed by atoms with E-state index in [1.165, 1.54) is 31.4 Å². The highest BCUT2D eigenvalue weighted by Crippen LogP contribution is 2.20. The van der Waals surface area contributed by atoms with E-state index in [4.69, 9.17) is 4.74 Å². The van der Waals surface area contributed by atoms with Crippen molar-refractivity contribution < 1.29 is 26.4 Å². The summed E-state index contributed by atoms with van der Waals surface area (Å²) in [7, 11) is -5.63. The molecule has 0 aliphatic carbocycles. The van der Waals surface area contributed by atoms with Gasteiger partial charge in [0.1, 0.15) is 0 Å². The summed E-state index contributed by atoms with van der Waals surface area (Å²) >= 11 is 0. The van der Waals surface area contributed by atoms with Gasteiger partial charge in [0.15, 0.2) is 9.84 Å². The number of benzene rings is 2. The first-order valence-electron chi connectivity index (χ1n) is 10.8. The molecule has 2 aromatic carbocycles. The first-order chi connectivity index (χ1) is 15.6. The Hall–Kier alpha value is -2.27. The van der Waals surface area contributed by atoms with Crippen molar-refractivity contribution in [3.05, 3.63) is 59.7 Å². The lowest BCUT2D eigenvalue weighted by atomic mass is 9.97. The molecule has 0 bridgehead atoms. The van der Waals surface area contributed by atoms with Gasteiger partial charge in [0, 0.05) is 32.3 Å². The third-order valence-corrected chi connectivity index (χ3v) is 8.85. The summed E-state index contributed by atoms with van der Waals surface area (Å²) < 4.78 is 57.1. The van der Waals surface area contributed by atoms with Crippen LogP contribution in [0.5, 0.6) is 0 Å². The zero-order valence-corrected chi connectivity index (χ0v) is 20.5. The molecule has 1 atom stereocenters. The molecule has 0 saturated carbocycles. The van der Waals surface area contributed by atoms with Crippen LogP contribution in [0.15, 0.2) is 58.3 Å². The number of sulfonamides is 1. The molecular weight excluding hydrogens is 464 g/mol. The Labute approximate surface area is 195 Å². The molecular formula is C23H30N2O6S2. The van der Waals surface area contributed by atoms with Crippen molar-refractivity contribution in [2.75, 3.05) is 39.1 Å². The maximum Gasteiger partial charge on any atom is 0.253 e. The Kier molecular flexibility index (Phi) is 8.28. The van der Waals surface area contributed by atoms with Gasteiger partial charge < -0.3 is 9.64 Å². The summed E-state index contributed by atoms with van der Waals surface area (Å²) in [6, 6.07) is 12.6. The van der Waals surface area contributed by atoms with Crippen LogP contribution in [0.4, 0.5) is 0 Å². The van der Waals surface area contributed by atoms with Gasteiger partial charge in [-0.2, -0.15) is 0 Å². The number of amides is 1. The second-order valence-corrected chi connectivity index (χ2v) is 12.1. The molecule has 1 aliphatic rings. The molecule has 1 amide bonds. The second kappa shape index (κ2) is 10.8. The van der Waals surface area contributed by atoms with Crippen molar-refractivity contribution in [2.24, 2.45) is 5.92 Å². The van der Waals surface area contributed by atoms with Crippen LogP contribution in [0.1, 0.15) is 28.8 Å². The predicted octanol–water partition coefficient (Wildman–Crippen LogP) is 2.25. The number of hydrogen-bond donors (Lipinski definition) is 1. The number of nitrogens with one attached hydrogen (secondary N) is 1. The monoisotopic (exact) mass is 494 g/mol. The number of sulfone groups is 1. The maximum absolute atomic E-state index is 13.0. The molecule has 10 heteroatoms. The molecule has 1 N–H and O–H groups in total. The number of carbonyl (C=O) groups is 1. The van der Waals surface area contributed by atoms with E-state index < -0.39 is 19.9 Å². The van der Waals surface area contributed by atoms with Crippen LogP contribution in [0.3, 0.4) is 0 Å². The van der Waals surface area contributed by atoms with Crippen LogP contribution in [-0.2, 0) is 24.6 Å². The molecule has 1 saturated heterocycles. The number of ether oxygens (including phenoxy) is 1. The van der Waals surface area contributed by atoms with Gasteiger partial charge in [-0.25, -0.2) is 21.6 Å². The van der Waals surface area contributed by atoms with E-state index in [0.29, 0.717) is 18.7 Å². The molecule has 0 aromatic heterocycles. The van der Waals surface area contributed by atoms with E-state index in [0.717, 1.165) is 18.4 Å². The summed E-state index contributed by atoms with van der Waals surface area (Å²) in [5, 5.41) is 0. The van der Waals surface area contributed by atoms with Gasteiger partial charge in [-0.15, -0.1) is 0 Å². The van der Waals surface area contributed by atoms with Gasteiger partial charge in [0.2, 0.25) is 10.0 Å². The van der Waals surface area contributed by atoms with E-state index in [-0.39, 0.29) is 40.5 Å². The number of rotatable bonds is 9. The number of carbonyl (C=O) groups excluding carboxylic acids is 1. The molecule has 1 aliphatic heterocycles. The number of aryl methyl sites for hydroxylation is 1. The van der Waals surface area contributed by atoms with E-state index in [9.17, 15) is 21.6 Å². The topological polar surface area (TPSA) is 110 Å². The number of piperidine rings is 1. The van der Waals surface area contributed by atoms with Gasteiger partial charge in [0.05, 0.1) is 22.2 Å². The summed E-state index contributed by atoms with van der Waals surface area (Å²) in [4.78, 5) is 15.0. The van der Waals surface area contributed by atoms with Crippen LogP contribution < -0.4 is 4.72 Å². The van der Waals surface area contributed by atoms with Gasteiger partial charge in [-0.3, -0.25) is 4.79 Å². The average Bonchev–Trinajstić information content (AvgIpc) is 2.81. The zero-order valence-electron chi connectivity index (χ0n) is 18.9. The minimum Gasteiger partial charge on any atom is -0.384 e. The second-order valence-electron chi connectivity index (χ2n) is 8.26.